The van der Waals surface area contributed by atoms with E-state index in [1.807, 2.05) is 10.2 Å². The van der Waals surface area contributed by atoms with Crippen LogP contribution in [0, 0.1) is 0 Å². The normalized spacial score (nSPS) is 14.3. The van der Waals surface area contributed by atoms with Crippen molar-refractivity contribution >= 4 is 30.9 Å². The van der Waals surface area contributed by atoms with Gasteiger partial charge in [0.05, 0.1) is 6.61 Å². The Kier molecular flexibility index (Phi) is 5.62. The van der Waals surface area contributed by atoms with Gasteiger partial charge in [0.25, 0.3) is 0 Å². The molecule has 3 heteroatoms. The topological polar surface area (TPSA) is 9.23 Å². The number of rotatable bonds is 4. The Bertz CT molecular complexity index is 226. The summed E-state index contributed by atoms with van der Waals surface area (Å²) in [7, 11) is -1.59. The molecule has 0 aromatic carbocycles. The predicted molar refractivity (Wildman–Crippen MR) is 75.4 cm³/mol. The van der Waals surface area contributed by atoms with Gasteiger partial charge >= 0.3 is 0 Å². The molecule has 0 aliphatic rings. The van der Waals surface area contributed by atoms with Gasteiger partial charge in [-0.1, -0.05) is 56.0 Å². The quantitative estimate of drug-likeness (QED) is 0.420. The second-order valence-electron chi connectivity index (χ2n) is 4.94. The molecule has 0 bridgehead atoms. The molecule has 0 aromatic rings. The summed E-state index contributed by atoms with van der Waals surface area (Å²) in [5.41, 5.74) is 1.16. The van der Waals surface area contributed by atoms with Crippen LogP contribution in [0.25, 0.3) is 0 Å². The fourth-order valence-corrected chi connectivity index (χ4v) is 2.01. The van der Waals surface area contributed by atoms with Crippen molar-refractivity contribution in [2.75, 3.05) is 6.61 Å². The van der Waals surface area contributed by atoms with Crippen molar-refractivity contribution in [3.8, 4) is 0 Å². The largest absolute Gasteiger partial charge is 0.413 e. The molecule has 0 saturated heterocycles. The minimum Gasteiger partial charge on any atom is -0.413 e. The molecule has 82 valence electrons. The van der Waals surface area contributed by atoms with Gasteiger partial charge in [0.15, 0.2) is 8.32 Å². The number of hydrogen-bond donors (Lipinski definition) is 0. The van der Waals surface area contributed by atoms with E-state index in [9.17, 15) is 0 Å². The highest BCUT2D eigenvalue weighted by Gasteiger charge is 2.36. The summed E-state index contributed by atoms with van der Waals surface area (Å²) in [4.78, 5) is 0. The summed E-state index contributed by atoms with van der Waals surface area (Å²) < 4.78 is 8.06. The molecule has 0 heterocycles. The van der Waals surface area contributed by atoms with Crippen LogP contribution in [0.5, 0.6) is 0 Å². The molecule has 14 heavy (non-hydrogen) atoms. The Morgan fingerprint density at radius 2 is 1.93 bits per heavy atom. The monoisotopic (exact) mass is 324 g/mol. The van der Waals surface area contributed by atoms with Gasteiger partial charge in [0.2, 0.25) is 0 Å². The Morgan fingerprint density at radius 3 is 2.21 bits per heavy atom. The Labute approximate surface area is 103 Å². The molecule has 1 nitrogen and oxygen atoms in total. The zero-order valence-electron chi connectivity index (χ0n) is 9.86. The van der Waals surface area contributed by atoms with E-state index < -0.39 is 8.32 Å². The summed E-state index contributed by atoms with van der Waals surface area (Å²) in [6.45, 7) is 15.7. The van der Waals surface area contributed by atoms with E-state index in [1.54, 1.807) is 0 Å². The molecule has 0 saturated carbocycles. The lowest BCUT2D eigenvalue weighted by atomic mass is 10.2. The highest BCUT2D eigenvalue weighted by atomic mass is 127. The third kappa shape index (κ3) is 4.27. The summed E-state index contributed by atoms with van der Waals surface area (Å²) in [6, 6.07) is 0. The van der Waals surface area contributed by atoms with Crippen molar-refractivity contribution in [2.45, 2.75) is 38.9 Å². The van der Waals surface area contributed by atoms with Gasteiger partial charge in [0.1, 0.15) is 0 Å². The summed E-state index contributed by atoms with van der Waals surface area (Å²) in [5, 5.41) is 0.282. The van der Waals surface area contributed by atoms with Crippen LogP contribution in [0.3, 0.4) is 0 Å². The molecule has 0 radical (unpaired) electrons. The molecule has 0 amide bonds. The van der Waals surface area contributed by atoms with Gasteiger partial charge in [-0.3, -0.25) is 0 Å². The third-order valence-corrected chi connectivity index (χ3v) is 8.09. The van der Waals surface area contributed by atoms with E-state index in [0.717, 1.165) is 5.57 Å². The van der Waals surface area contributed by atoms with Crippen molar-refractivity contribution in [3.05, 3.63) is 22.3 Å². The number of hydrogen-bond acceptors (Lipinski definition) is 1. The van der Waals surface area contributed by atoms with Crippen molar-refractivity contribution in [1.29, 1.82) is 0 Å². The SMILES string of the molecule is C=C/C(=C/I)CO[Si](C)(C)C(C)(C)C. The first-order chi connectivity index (χ1) is 6.24. The molecule has 0 aliphatic heterocycles. The lowest BCUT2D eigenvalue weighted by Gasteiger charge is -2.36. The molecule has 0 unspecified atom stereocenters. The standard InChI is InChI=1S/C11H21IOSi/c1-7-10(8-12)9-13-14(5,6)11(2,3)4/h7-8H,1,9H2,2-6H3/b10-8-. The maximum absolute atomic E-state index is 6.03. The van der Waals surface area contributed by atoms with E-state index >= 15 is 0 Å². The van der Waals surface area contributed by atoms with Crippen molar-refractivity contribution in [2.24, 2.45) is 0 Å². The van der Waals surface area contributed by atoms with Crippen LogP contribution in [0.1, 0.15) is 20.8 Å². The molecule has 0 aromatic heterocycles. The minimum absolute atomic E-state index is 0.282. The van der Waals surface area contributed by atoms with Crippen LogP contribution in [0.2, 0.25) is 18.1 Å². The van der Waals surface area contributed by atoms with E-state index in [4.69, 9.17) is 4.43 Å². The van der Waals surface area contributed by atoms with Gasteiger partial charge in [0, 0.05) is 0 Å². The van der Waals surface area contributed by atoms with E-state index in [0.29, 0.717) is 6.61 Å². The average Bonchev–Trinajstić information content (AvgIpc) is 2.04. The van der Waals surface area contributed by atoms with Gasteiger partial charge in [-0.15, -0.1) is 0 Å². The molecule has 0 spiro atoms. The van der Waals surface area contributed by atoms with Crippen LogP contribution in [0.4, 0.5) is 0 Å². The molecular formula is C11H21IOSi. The maximum Gasteiger partial charge on any atom is 0.192 e. The second-order valence-corrected chi connectivity index (χ2v) is 10.4. The summed E-state index contributed by atoms with van der Waals surface area (Å²) >= 11 is 2.22. The van der Waals surface area contributed by atoms with Crippen LogP contribution < -0.4 is 0 Å². The first kappa shape index (κ1) is 14.4. The van der Waals surface area contributed by atoms with E-state index in [2.05, 4.69) is 63.0 Å². The molecular weight excluding hydrogens is 303 g/mol. The zero-order chi connectivity index (χ0) is 11.4. The molecule has 0 rings (SSSR count). The Hall–Kier alpha value is 0.387. The Morgan fingerprint density at radius 1 is 1.43 bits per heavy atom. The fourth-order valence-electron chi connectivity index (χ4n) is 0.615. The second kappa shape index (κ2) is 5.46. The van der Waals surface area contributed by atoms with Gasteiger partial charge < -0.3 is 4.43 Å². The molecule has 0 fully saturated rings. The first-order valence-electron chi connectivity index (χ1n) is 4.80. The molecule has 0 N–H and O–H groups in total. The van der Waals surface area contributed by atoms with E-state index in [1.165, 1.54) is 0 Å². The van der Waals surface area contributed by atoms with Crippen molar-refractivity contribution in [3.63, 3.8) is 0 Å². The van der Waals surface area contributed by atoms with Gasteiger partial charge in [-0.2, -0.15) is 0 Å². The lowest BCUT2D eigenvalue weighted by molar-refractivity contribution is 0.322. The molecule has 0 atom stereocenters. The van der Waals surface area contributed by atoms with Crippen LogP contribution >= 0.6 is 22.6 Å². The van der Waals surface area contributed by atoms with E-state index in [-0.39, 0.29) is 5.04 Å². The van der Waals surface area contributed by atoms with Crippen molar-refractivity contribution in [1.82, 2.24) is 0 Å². The van der Waals surface area contributed by atoms with Crippen LogP contribution in [0.15, 0.2) is 22.3 Å². The smallest absolute Gasteiger partial charge is 0.192 e. The zero-order valence-corrected chi connectivity index (χ0v) is 13.0. The average molecular weight is 324 g/mol. The minimum atomic E-state index is -1.59. The number of halogens is 1. The maximum atomic E-state index is 6.03. The Balaban J connectivity index is 4.33. The first-order valence-corrected chi connectivity index (χ1v) is 8.95. The fraction of sp³-hybridized carbons (Fsp3) is 0.636. The van der Waals surface area contributed by atoms with Gasteiger partial charge in [-0.05, 0) is 27.8 Å². The highest BCUT2D eigenvalue weighted by molar-refractivity contribution is 14.1. The summed E-state index contributed by atoms with van der Waals surface area (Å²) in [5.74, 6) is 0. The molecule has 0 aliphatic carbocycles. The third-order valence-electron chi connectivity index (χ3n) is 2.81. The lowest BCUT2D eigenvalue weighted by Crippen LogP contribution is -2.41. The van der Waals surface area contributed by atoms with Crippen LogP contribution in [-0.2, 0) is 4.43 Å². The summed E-state index contributed by atoms with van der Waals surface area (Å²) in [6.07, 6.45) is 1.86. The van der Waals surface area contributed by atoms with Crippen molar-refractivity contribution < 1.29 is 4.43 Å². The van der Waals surface area contributed by atoms with Crippen LogP contribution in [-0.4, -0.2) is 14.9 Å². The highest BCUT2D eigenvalue weighted by Crippen LogP contribution is 2.36. The van der Waals surface area contributed by atoms with Gasteiger partial charge in [-0.25, -0.2) is 0 Å². The predicted octanol–water partition coefficient (Wildman–Crippen LogP) is 4.51.